The number of benzene rings is 3. The summed E-state index contributed by atoms with van der Waals surface area (Å²) in [5.74, 6) is -0.411. The number of hydrogen-bond donors (Lipinski definition) is 4. The highest BCUT2D eigenvalue weighted by Gasteiger charge is 2.34. The molecular formula is C25H19N3O4S. The molecule has 5 rings (SSSR count). The lowest BCUT2D eigenvalue weighted by Crippen LogP contribution is -2.19. The Labute approximate surface area is 194 Å². The fourth-order valence-corrected chi connectivity index (χ4v) is 4.16. The van der Waals surface area contributed by atoms with Gasteiger partial charge in [0, 0.05) is 16.0 Å². The predicted octanol–water partition coefficient (Wildman–Crippen LogP) is 5.64. The van der Waals surface area contributed by atoms with Gasteiger partial charge in [0.1, 0.15) is 0 Å². The largest absolute Gasteiger partial charge is 0.494 e. The molecule has 1 aliphatic carbocycles. The van der Waals surface area contributed by atoms with Crippen molar-refractivity contribution in [3.05, 3.63) is 101 Å². The monoisotopic (exact) mass is 457 g/mol. The van der Waals surface area contributed by atoms with Crippen LogP contribution in [-0.4, -0.2) is 21.6 Å². The Kier molecular flexibility index (Phi) is 5.47. The summed E-state index contributed by atoms with van der Waals surface area (Å²) in [6.45, 7) is 2.00. The van der Waals surface area contributed by atoms with Gasteiger partial charge in [0.15, 0.2) is 11.7 Å². The Balaban J connectivity index is 1.31. The van der Waals surface area contributed by atoms with E-state index in [4.69, 9.17) is 14.7 Å². The molecule has 0 saturated heterocycles. The summed E-state index contributed by atoms with van der Waals surface area (Å²) < 4.78 is 5.14. The second-order valence-electron chi connectivity index (χ2n) is 7.58. The lowest BCUT2D eigenvalue weighted by Gasteiger charge is -2.17. The van der Waals surface area contributed by atoms with Crippen molar-refractivity contribution in [1.82, 2.24) is 4.98 Å². The summed E-state index contributed by atoms with van der Waals surface area (Å²) in [5, 5.41) is 19.0. The number of carbonyl (C=O) groups is 1. The topological polar surface area (TPSA) is 107 Å². The van der Waals surface area contributed by atoms with Gasteiger partial charge >= 0.3 is 0 Å². The lowest BCUT2D eigenvalue weighted by molar-refractivity contribution is -0.161. The standard InChI is InChI=1S/C25H19N3O4S/c1-14-6-10-16(11-7-14)28-31-32-33-17-12-8-15(9-13-17)23-21-20(25(30)27-23)22(26)18-4-2-3-5-19(18)24(21)29/h2-13,26-28,30H,1H3. The molecule has 0 aliphatic heterocycles. The Morgan fingerprint density at radius 1 is 0.939 bits per heavy atom. The van der Waals surface area contributed by atoms with Gasteiger partial charge in [0.05, 0.1) is 40.3 Å². The Morgan fingerprint density at radius 2 is 1.64 bits per heavy atom. The minimum absolute atomic E-state index is 0.124. The summed E-state index contributed by atoms with van der Waals surface area (Å²) >= 11 is 1.03. The number of hydrogen-bond acceptors (Lipinski definition) is 7. The third-order valence-electron chi connectivity index (χ3n) is 5.42. The molecule has 0 fully saturated rings. The highest BCUT2D eigenvalue weighted by molar-refractivity contribution is 7.94. The molecule has 1 aliphatic rings. The molecule has 0 saturated carbocycles. The number of aromatic nitrogens is 1. The molecule has 4 N–H and O–H groups in total. The van der Waals surface area contributed by atoms with Crippen LogP contribution in [0.15, 0.2) is 77.7 Å². The van der Waals surface area contributed by atoms with E-state index in [2.05, 4.69) is 10.5 Å². The number of aromatic hydroxyl groups is 1. The molecule has 7 nitrogen and oxygen atoms in total. The normalized spacial score (nSPS) is 12.4. The highest BCUT2D eigenvalue weighted by atomic mass is 32.2. The number of aryl methyl sites for hydroxylation is 1. The number of H-pyrrole nitrogens is 1. The molecule has 0 spiro atoms. The van der Waals surface area contributed by atoms with Gasteiger partial charge in [-0.1, -0.05) is 54.1 Å². The first-order chi connectivity index (χ1) is 16.0. The van der Waals surface area contributed by atoms with Crippen molar-refractivity contribution in [2.24, 2.45) is 0 Å². The number of ketones is 1. The van der Waals surface area contributed by atoms with E-state index in [0.717, 1.165) is 28.2 Å². The van der Waals surface area contributed by atoms with Crippen LogP contribution in [-0.2, 0) is 9.32 Å². The summed E-state index contributed by atoms with van der Waals surface area (Å²) in [6.07, 6.45) is 0. The maximum atomic E-state index is 13.2. The van der Waals surface area contributed by atoms with Crippen LogP contribution in [0.5, 0.6) is 5.88 Å². The van der Waals surface area contributed by atoms with E-state index in [-0.39, 0.29) is 22.9 Å². The number of anilines is 1. The van der Waals surface area contributed by atoms with E-state index in [9.17, 15) is 9.90 Å². The van der Waals surface area contributed by atoms with Crippen molar-refractivity contribution in [3.63, 3.8) is 0 Å². The third kappa shape index (κ3) is 3.91. The Hall–Kier alpha value is -3.85. The van der Waals surface area contributed by atoms with Gasteiger partial charge in [-0.2, -0.15) is 0 Å². The minimum Gasteiger partial charge on any atom is -0.494 e. The number of carbonyl (C=O) groups excluding carboxylic acids is 1. The van der Waals surface area contributed by atoms with Crippen LogP contribution in [0.25, 0.3) is 11.3 Å². The van der Waals surface area contributed by atoms with Gasteiger partial charge < -0.3 is 10.1 Å². The molecule has 1 heterocycles. The van der Waals surface area contributed by atoms with Crippen LogP contribution in [0.2, 0.25) is 0 Å². The quantitative estimate of drug-likeness (QED) is 0.114. The van der Waals surface area contributed by atoms with Crippen molar-refractivity contribution >= 4 is 29.2 Å². The van der Waals surface area contributed by atoms with Gasteiger partial charge in [0.25, 0.3) is 0 Å². The van der Waals surface area contributed by atoms with Gasteiger partial charge in [-0.15, -0.1) is 9.32 Å². The number of aromatic amines is 1. The zero-order chi connectivity index (χ0) is 22.9. The molecule has 3 aromatic carbocycles. The molecule has 164 valence electrons. The fourth-order valence-electron chi connectivity index (χ4n) is 3.76. The number of rotatable bonds is 6. The van der Waals surface area contributed by atoms with Crippen LogP contribution in [0.4, 0.5) is 5.69 Å². The molecule has 1 aromatic heterocycles. The van der Waals surface area contributed by atoms with E-state index in [1.54, 1.807) is 24.3 Å². The van der Waals surface area contributed by atoms with Crippen LogP contribution in [0.1, 0.15) is 32.6 Å². The Bertz CT molecular complexity index is 1360. The van der Waals surface area contributed by atoms with Gasteiger partial charge in [-0.25, -0.2) is 5.48 Å². The molecule has 0 bridgehead atoms. The van der Waals surface area contributed by atoms with E-state index in [0.29, 0.717) is 27.9 Å². The van der Waals surface area contributed by atoms with Crippen LogP contribution in [0.3, 0.4) is 0 Å². The minimum atomic E-state index is -0.222. The average Bonchev–Trinajstić information content (AvgIpc) is 3.19. The second-order valence-corrected chi connectivity index (χ2v) is 8.35. The maximum absolute atomic E-state index is 13.2. The van der Waals surface area contributed by atoms with Crippen LogP contribution < -0.4 is 5.48 Å². The number of nitrogens with one attached hydrogen (secondary N) is 3. The number of fused-ring (bicyclic) bond motifs is 2. The van der Waals surface area contributed by atoms with E-state index in [1.807, 2.05) is 55.5 Å². The van der Waals surface area contributed by atoms with Gasteiger partial charge in [0.2, 0.25) is 0 Å². The molecule has 33 heavy (non-hydrogen) atoms. The molecule has 4 aromatic rings. The lowest BCUT2D eigenvalue weighted by atomic mass is 9.84. The van der Waals surface area contributed by atoms with Gasteiger partial charge in [-0.05, 0) is 36.8 Å². The summed E-state index contributed by atoms with van der Waals surface area (Å²) in [4.78, 5) is 21.8. The Morgan fingerprint density at radius 3 is 2.36 bits per heavy atom. The molecule has 8 heteroatoms. The van der Waals surface area contributed by atoms with Crippen molar-refractivity contribution in [2.45, 2.75) is 11.8 Å². The van der Waals surface area contributed by atoms with Crippen molar-refractivity contribution in [1.29, 1.82) is 5.41 Å². The second kappa shape index (κ2) is 8.59. The first kappa shape index (κ1) is 21.0. The maximum Gasteiger partial charge on any atom is 0.199 e. The molecular weight excluding hydrogens is 438 g/mol. The van der Waals surface area contributed by atoms with Crippen LogP contribution in [0, 0.1) is 12.3 Å². The van der Waals surface area contributed by atoms with Gasteiger partial charge in [-0.3, -0.25) is 10.2 Å². The zero-order valence-corrected chi connectivity index (χ0v) is 18.3. The summed E-state index contributed by atoms with van der Waals surface area (Å²) in [5.41, 5.74) is 7.42. The van der Waals surface area contributed by atoms with Crippen molar-refractivity contribution in [3.8, 4) is 17.1 Å². The van der Waals surface area contributed by atoms with E-state index in [1.165, 1.54) is 0 Å². The third-order valence-corrected chi connectivity index (χ3v) is 6.02. The zero-order valence-electron chi connectivity index (χ0n) is 17.5. The SMILES string of the molecule is Cc1ccc(NOOSc2ccc(-c3[nH]c(O)c4c3C(=O)c3ccccc3C4=N)cc2)cc1. The van der Waals surface area contributed by atoms with E-state index < -0.39 is 0 Å². The molecule has 0 radical (unpaired) electrons. The highest BCUT2D eigenvalue weighted by Crippen LogP contribution is 2.39. The predicted molar refractivity (Wildman–Crippen MR) is 127 cm³/mol. The smallest absolute Gasteiger partial charge is 0.199 e. The molecule has 0 atom stereocenters. The summed E-state index contributed by atoms with van der Waals surface area (Å²) in [6, 6.07) is 21.9. The van der Waals surface area contributed by atoms with Crippen molar-refractivity contribution in [2.75, 3.05) is 5.48 Å². The first-order valence-electron chi connectivity index (χ1n) is 10.1. The molecule has 0 amide bonds. The average molecular weight is 458 g/mol. The van der Waals surface area contributed by atoms with Crippen molar-refractivity contribution < 1.29 is 19.2 Å². The van der Waals surface area contributed by atoms with E-state index >= 15 is 0 Å². The summed E-state index contributed by atoms with van der Waals surface area (Å²) in [7, 11) is 0. The fraction of sp³-hybridized carbons (Fsp3) is 0.0400. The molecule has 0 unspecified atom stereocenters. The first-order valence-corrected chi connectivity index (χ1v) is 10.9. The van der Waals surface area contributed by atoms with Crippen LogP contribution >= 0.6 is 12.0 Å².